The van der Waals surface area contributed by atoms with E-state index in [1.54, 1.807) is 0 Å². The molecule has 1 aromatic heterocycles. The molecule has 1 heterocycles. The maximum absolute atomic E-state index is 12.9. The van der Waals surface area contributed by atoms with Crippen molar-refractivity contribution in [3.63, 3.8) is 0 Å². The monoisotopic (exact) mass is 275 g/mol. The lowest BCUT2D eigenvalue weighted by Gasteiger charge is -2.14. The number of benzene rings is 1. The Morgan fingerprint density at radius 3 is 2.45 bits per heavy atom. The maximum Gasteiger partial charge on any atom is 0.123 e. The molecule has 1 atom stereocenters. The highest BCUT2D eigenvalue weighted by molar-refractivity contribution is 5.22. The van der Waals surface area contributed by atoms with Gasteiger partial charge in [-0.05, 0) is 30.5 Å². The average molecular weight is 275 g/mol. The fourth-order valence-electron chi connectivity index (χ4n) is 2.31. The molecule has 1 unspecified atom stereocenters. The molecule has 3 nitrogen and oxygen atoms in total. The molecule has 0 spiro atoms. The van der Waals surface area contributed by atoms with Gasteiger partial charge in [0.05, 0.1) is 5.69 Å². The lowest BCUT2D eigenvalue weighted by molar-refractivity contribution is 0.567. The van der Waals surface area contributed by atoms with Gasteiger partial charge in [-0.2, -0.15) is 5.10 Å². The molecule has 0 bridgehead atoms. The van der Waals surface area contributed by atoms with E-state index in [0.717, 1.165) is 17.8 Å². The summed E-state index contributed by atoms with van der Waals surface area (Å²) in [5.74, 6) is 0.212. The number of rotatable bonds is 5. The van der Waals surface area contributed by atoms with E-state index in [1.807, 2.05) is 23.9 Å². The smallest absolute Gasteiger partial charge is 0.123 e. The van der Waals surface area contributed by atoms with Crippen molar-refractivity contribution >= 4 is 0 Å². The van der Waals surface area contributed by atoms with Gasteiger partial charge < -0.3 is 5.32 Å². The Morgan fingerprint density at radius 2 is 1.85 bits per heavy atom. The van der Waals surface area contributed by atoms with Crippen molar-refractivity contribution in [1.82, 2.24) is 15.1 Å². The van der Waals surface area contributed by atoms with Crippen LogP contribution in [0, 0.1) is 5.82 Å². The minimum absolute atomic E-state index is 0.177. The average Bonchev–Trinajstić information content (AvgIpc) is 2.78. The molecular weight excluding hydrogens is 253 g/mol. The second kappa shape index (κ2) is 6.18. The van der Waals surface area contributed by atoms with E-state index in [1.165, 1.54) is 17.7 Å². The molecule has 1 aromatic carbocycles. The summed E-state index contributed by atoms with van der Waals surface area (Å²) in [6, 6.07) is 6.81. The molecule has 20 heavy (non-hydrogen) atoms. The Morgan fingerprint density at radius 1 is 1.20 bits per heavy atom. The third-order valence-corrected chi connectivity index (χ3v) is 3.45. The Kier molecular flexibility index (Phi) is 4.55. The van der Waals surface area contributed by atoms with Crippen molar-refractivity contribution in [2.75, 3.05) is 0 Å². The van der Waals surface area contributed by atoms with Gasteiger partial charge in [0, 0.05) is 31.4 Å². The fraction of sp³-hybridized carbons (Fsp3) is 0.438. The molecule has 2 rings (SSSR count). The normalized spacial score (nSPS) is 12.9. The van der Waals surface area contributed by atoms with Crippen molar-refractivity contribution in [2.45, 2.75) is 39.3 Å². The lowest BCUT2D eigenvalue weighted by atomic mass is 10.1. The van der Waals surface area contributed by atoms with Gasteiger partial charge >= 0.3 is 0 Å². The van der Waals surface area contributed by atoms with Crippen LogP contribution in [0.4, 0.5) is 4.39 Å². The predicted molar refractivity (Wildman–Crippen MR) is 79.0 cm³/mol. The number of hydrogen-bond donors (Lipinski definition) is 1. The van der Waals surface area contributed by atoms with Crippen LogP contribution >= 0.6 is 0 Å². The first-order valence-electron chi connectivity index (χ1n) is 6.98. The van der Waals surface area contributed by atoms with Gasteiger partial charge in [0.2, 0.25) is 0 Å². The minimum Gasteiger partial charge on any atom is -0.306 e. The number of aryl methyl sites for hydroxylation is 1. The van der Waals surface area contributed by atoms with Crippen LogP contribution in [0.15, 0.2) is 30.5 Å². The highest BCUT2D eigenvalue weighted by atomic mass is 19.1. The highest BCUT2D eigenvalue weighted by Gasteiger charge is 2.12. The molecule has 0 aliphatic heterocycles. The summed E-state index contributed by atoms with van der Waals surface area (Å²) >= 11 is 0. The van der Waals surface area contributed by atoms with E-state index in [9.17, 15) is 4.39 Å². The van der Waals surface area contributed by atoms with Crippen molar-refractivity contribution < 1.29 is 4.39 Å². The van der Waals surface area contributed by atoms with Crippen LogP contribution in [0.2, 0.25) is 0 Å². The highest BCUT2D eigenvalue weighted by Crippen LogP contribution is 2.19. The fourth-order valence-corrected chi connectivity index (χ4v) is 2.31. The molecule has 0 radical (unpaired) electrons. The van der Waals surface area contributed by atoms with Gasteiger partial charge in [-0.25, -0.2) is 4.39 Å². The van der Waals surface area contributed by atoms with Crippen molar-refractivity contribution in [3.8, 4) is 0 Å². The zero-order valence-electron chi connectivity index (χ0n) is 12.5. The molecule has 0 amide bonds. The van der Waals surface area contributed by atoms with Crippen LogP contribution < -0.4 is 5.32 Å². The Bertz CT molecular complexity index is 558. The van der Waals surface area contributed by atoms with Gasteiger partial charge in [0.15, 0.2) is 0 Å². The molecule has 0 aliphatic rings. The van der Waals surface area contributed by atoms with Crippen molar-refractivity contribution in [3.05, 3.63) is 53.1 Å². The first kappa shape index (κ1) is 14.7. The summed E-state index contributed by atoms with van der Waals surface area (Å²) in [6.45, 7) is 7.14. The van der Waals surface area contributed by atoms with Crippen molar-refractivity contribution in [2.24, 2.45) is 7.05 Å². The van der Waals surface area contributed by atoms with E-state index < -0.39 is 0 Å². The first-order valence-corrected chi connectivity index (χ1v) is 6.98. The molecule has 0 fully saturated rings. The van der Waals surface area contributed by atoms with E-state index >= 15 is 0 Å². The van der Waals surface area contributed by atoms with Crippen LogP contribution in [-0.4, -0.2) is 9.78 Å². The maximum atomic E-state index is 12.9. The SMILES string of the molecule is CC(C)c1nn(C)cc1CNC(C)c1ccc(F)cc1. The Labute approximate surface area is 119 Å². The van der Waals surface area contributed by atoms with Gasteiger partial charge in [-0.3, -0.25) is 4.68 Å². The Balaban J connectivity index is 2.03. The Hall–Kier alpha value is -1.68. The van der Waals surface area contributed by atoms with Gasteiger partial charge in [-0.15, -0.1) is 0 Å². The minimum atomic E-state index is -0.199. The number of nitrogens with one attached hydrogen (secondary N) is 1. The summed E-state index contributed by atoms with van der Waals surface area (Å²) in [4.78, 5) is 0. The van der Waals surface area contributed by atoms with Crippen LogP contribution in [0.3, 0.4) is 0 Å². The molecule has 2 aromatic rings. The van der Waals surface area contributed by atoms with Gasteiger partial charge in [-0.1, -0.05) is 26.0 Å². The molecule has 1 N–H and O–H groups in total. The van der Waals surface area contributed by atoms with Crippen LogP contribution in [0.25, 0.3) is 0 Å². The summed E-state index contributed by atoms with van der Waals surface area (Å²) in [6.07, 6.45) is 2.06. The van der Waals surface area contributed by atoms with E-state index in [4.69, 9.17) is 0 Å². The van der Waals surface area contributed by atoms with Gasteiger partial charge in [0.25, 0.3) is 0 Å². The largest absolute Gasteiger partial charge is 0.306 e. The van der Waals surface area contributed by atoms with Crippen molar-refractivity contribution in [1.29, 1.82) is 0 Å². The second-order valence-electron chi connectivity index (χ2n) is 5.52. The van der Waals surface area contributed by atoms with Crippen LogP contribution in [0.1, 0.15) is 49.6 Å². The molecule has 108 valence electrons. The summed E-state index contributed by atoms with van der Waals surface area (Å²) in [5, 5.41) is 7.97. The number of nitrogens with zero attached hydrogens (tertiary/aromatic N) is 2. The van der Waals surface area contributed by atoms with Gasteiger partial charge in [0.1, 0.15) is 5.82 Å². The molecular formula is C16H22FN3. The quantitative estimate of drug-likeness (QED) is 0.904. The third kappa shape index (κ3) is 3.45. The molecule has 0 saturated carbocycles. The molecule has 4 heteroatoms. The van der Waals surface area contributed by atoms with E-state index in [0.29, 0.717) is 5.92 Å². The standard InChI is InChI=1S/C16H22FN3/c1-11(2)16-14(10-20(4)19-16)9-18-12(3)13-5-7-15(17)8-6-13/h5-8,10-12,18H,9H2,1-4H3. The number of halogens is 1. The lowest BCUT2D eigenvalue weighted by Crippen LogP contribution is -2.18. The van der Waals surface area contributed by atoms with Crippen LogP contribution in [0.5, 0.6) is 0 Å². The number of hydrogen-bond acceptors (Lipinski definition) is 2. The summed E-state index contributed by atoms with van der Waals surface area (Å²) < 4.78 is 14.8. The first-order chi connectivity index (χ1) is 9.47. The summed E-state index contributed by atoms with van der Waals surface area (Å²) in [7, 11) is 1.94. The topological polar surface area (TPSA) is 29.9 Å². The summed E-state index contributed by atoms with van der Waals surface area (Å²) in [5.41, 5.74) is 3.43. The van der Waals surface area contributed by atoms with E-state index in [2.05, 4.69) is 37.4 Å². The van der Waals surface area contributed by atoms with Crippen LogP contribution in [-0.2, 0) is 13.6 Å². The molecule has 0 saturated heterocycles. The zero-order chi connectivity index (χ0) is 14.7. The molecule has 0 aliphatic carbocycles. The number of aromatic nitrogens is 2. The third-order valence-electron chi connectivity index (χ3n) is 3.45. The zero-order valence-corrected chi connectivity index (χ0v) is 12.5. The second-order valence-corrected chi connectivity index (χ2v) is 5.52. The van der Waals surface area contributed by atoms with E-state index in [-0.39, 0.29) is 11.9 Å². The predicted octanol–water partition coefficient (Wildman–Crippen LogP) is 3.53.